The summed E-state index contributed by atoms with van der Waals surface area (Å²) < 4.78 is 2.16. The van der Waals surface area contributed by atoms with Crippen molar-refractivity contribution in [2.24, 2.45) is 0 Å². The van der Waals surface area contributed by atoms with Gasteiger partial charge in [0.05, 0.1) is 11.3 Å². The fourth-order valence-corrected chi connectivity index (χ4v) is 3.44. The van der Waals surface area contributed by atoms with E-state index in [0.29, 0.717) is 6.54 Å². The first kappa shape index (κ1) is 14.8. The molecular formula is C15H24N4OS. The molecule has 21 heavy (non-hydrogen) atoms. The first-order valence-corrected chi connectivity index (χ1v) is 8.30. The Morgan fingerprint density at radius 2 is 2.24 bits per heavy atom. The highest BCUT2D eigenvalue weighted by molar-refractivity contribution is 7.15. The van der Waals surface area contributed by atoms with Gasteiger partial charge >= 0.3 is 0 Å². The molecule has 2 N–H and O–H groups in total. The molecular weight excluding hydrogens is 284 g/mol. The van der Waals surface area contributed by atoms with Crippen LogP contribution in [0.1, 0.15) is 39.8 Å². The molecule has 3 rings (SSSR count). The molecule has 1 unspecified atom stereocenters. The molecule has 0 radical (unpaired) electrons. The van der Waals surface area contributed by atoms with Crippen LogP contribution >= 0.6 is 11.3 Å². The van der Waals surface area contributed by atoms with Gasteiger partial charge in [0.2, 0.25) is 0 Å². The van der Waals surface area contributed by atoms with Crippen LogP contribution in [0, 0.1) is 0 Å². The molecule has 0 saturated carbocycles. The van der Waals surface area contributed by atoms with Crippen molar-refractivity contribution in [2.75, 3.05) is 18.0 Å². The summed E-state index contributed by atoms with van der Waals surface area (Å²) in [6.45, 7) is 10.7. The first-order chi connectivity index (χ1) is 9.75. The van der Waals surface area contributed by atoms with E-state index in [2.05, 4.69) is 47.0 Å². The number of rotatable bonds is 3. The lowest BCUT2D eigenvalue weighted by atomic mass is 10.1. The first-order valence-electron chi connectivity index (χ1n) is 7.42. The van der Waals surface area contributed by atoms with Crippen LogP contribution in [0.25, 0.3) is 4.96 Å². The lowest BCUT2D eigenvalue weighted by Gasteiger charge is -2.23. The monoisotopic (exact) mass is 308 g/mol. The van der Waals surface area contributed by atoms with Crippen LogP contribution in [0.15, 0.2) is 11.6 Å². The van der Waals surface area contributed by atoms with Crippen molar-refractivity contribution in [3.8, 4) is 0 Å². The van der Waals surface area contributed by atoms with E-state index in [1.165, 1.54) is 5.69 Å². The molecule has 3 heterocycles. The molecule has 1 saturated heterocycles. The zero-order valence-corrected chi connectivity index (χ0v) is 14.0. The fraction of sp³-hybridized carbons (Fsp3) is 0.667. The number of nitrogens with zero attached hydrogens (tertiary/aromatic N) is 3. The molecule has 6 heteroatoms. The van der Waals surface area contributed by atoms with E-state index in [-0.39, 0.29) is 5.54 Å². The van der Waals surface area contributed by atoms with Gasteiger partial charge in [-0.2, -0.15) is 0 Å². The van der Waals surface area contributed by atoms with Gasteiger partial charge in [0, 0.05) is 36.8 Å². The largest absolute Gasteiger partial charge is 0.388 e. The van der Waals surface area contributed by atoms with Crippen LogP contribution in [0.5, 0.6) is 0 Å². The predicted molar refractivity (Wildman–Crippen MR) is 87.1 cm³/mol. The molecule has 2 aromatic rings. The van der Waals surface area contributed by atoms with Gasteiger partial charge in [0.1, 0.15) is 0 Å². The summed E-state index contributed by atoms with van der Waals surface area (Å²) in [6.07, 6.45) is 2.87. The number of β-amino-alcohol motifs (C(OH)–C–C–N with tert-alkyl or cyclic N) is 1. The summed E-state index contributed by atoms with van der Waals surface area (Å²) in [5.74, 6) is 1.01. The molecule has 0 aromatic carbocycles. The molecule has 1 aliphatic heterocycles. The van der Waals surface area contributed by atoms with Crippen LogP contribution in [0.3, 0.4) is 0 Å². The van der Waals surface area contributed by atoms with E-state index in [1.807, 2.05) is 6.92 Å². The molecule has 2 aromatic heterocycles. The highest BCUT2D eigenvalue weighted by Gasteiger charge is 2.34. The van der Waals surface area contributed by atoms with Gasteiger partial charge in [-0.25, -0.2) is 4.98 Å². The van der Waals surface area contributed by atoms with Crippen molar-refractivity contribution in [2.45, 2.75) is 51.8 Å². The Kier molecular flexibility index (Phi) is 3.50. The van der Waals surface area contributed by atoms with Crippen molar-refractivity contribution in [3.63, 3.8) is 0 Å². The summed E-state index contributed by atoms with van der Waals surface area (Å²) in [4.78, 5) is 8.00. The van der Waals surface area contributed by atoms with Gasteiger partial charge in [0.15, 0.2) is 10.8 Å². The molecule has 1 aliphatic rings. The summed E-state index contributed by atoms with van der Waals surface area (Å²) in [5.41, 5.74) is 0.638. The van der Waals surface area contributed by atoms with Gasteiger partial charge in [0.25, 0.3) is 0 Å². The Hall–Kier alpha value is -1.11. The highest BCUT2D eigenvalue weighted by atomic mass is 32.1. The highest BCUT2D eigenvalue weighted by Crippen LogP contribution is 2.30. The third kappa shape index (κ3) is 3.07. The topological polar surface area (TPSA) is 52.8 Å². The number of hydrogen-bond acceptors (Lipinski definition) is 5. The summed E-state index contributed by atoms with van der Waals surface area (Å²) >= 11 is 1.65. The van der Waals surface area contributed by atoms with E-state index >= 15 is 0 Å². The number of nitrogens with one attached hydrogen (secondary N) is 1. The van der Waals surface area contributed by atoms with Crippen molar-refractivity contribution < 1.29 is 5.11 Å². The van der Waals surface area contributed by atoms with Gasteiger partial charge in [-0.15, -0.1) is 11.3 Å². The molecule has 116 valence electrons. The minimum atomic E-state index is -0.605. The van der Waals surface area contributed by atoms with Crippen molar-refractivity contribution >= 4 is 22.1 Å². The normalized spacial score (nSPS) is 23.4. The lowest BCUT2D eigenvalue weighted by Crippen LogP contribution is -2.36. The molecule has 1 atom stereocenters. The maximum atomic E-state index is 10.2. The second-order valence-corrected chi connectivity index (χ2v) is 8.08. The smallest absolute Gasteiger partial charge is 0.195 e. The molecule has 0 spiro atoms. The Bertz CT molecular complexity index is 638. The van der Waals surface area contributed by atoms with Crippen LogP contribution in [0.2, 0.25) is 0 Å². The maximum absolute atomic E-state index is 10.2. The van der Waals surface area contributed by atoms with Crippen molar-refractivity contribution in [3.05, 3.63) is 17.3 Å². The maximum Gasteiger partial charge on any atom is 0.195 e. The van der Waals surface area contributed by atoms with E-state index in [4.69, 9.17) is 4.98 Å². The SMILES string of the molecule is CC1(O)CCN(c2nc3sccn3c2CNC(C)(C)C)C1. The number of aliphatic hydroxyl groups is 1. The zero-order valence-electron chi connectivity index (χ0n) is 13.2. The van der Waals surface area contributed by atoms with Gasteiger partial charge < -0.3 is 15.3 Å². The second kappa shape index (κ2) is 4.97. The summed E-state index contributed by atoms with van der Waals surface area (Å²) in [5, 5.41) is 15.8. The van der Waals surface area contributed by atoms with E-state index in [1.54, 1.807) is 11.3 Å². The Morgan fingerprint density at radius 3 is 2.86 bits per heavy atom. The molecule has 5 nitrogen and oxygen atoms in total. The molecule has 0 aliphatic carbocycles. The lowest BCUT2D eigenvalue weighted by molar-refractivity contribution is 0.0839. The van der Waals surface area contributed by atoms with Crippen LogP contribution in [-0.4, -0.2) is 38.7 Å². The predicted octanol–water partition coefficient (Wildman–Crippen LogP) is 2.25. The van der Waals surface area contributed by atoms with Crippen molar-refractivity contribution in [1.82, 2.24) is 14.7 Å². The van der Waals surface area contributed by atoms with Crippen LogP contribution in [-0.2, 0) is 6.54 Å². The van der Waals surface area contributed by atoms with E-state index < -0.39 is 5.60 Å². The number of anilines is 1. The van der Waals surface area contributed by atoms with E-state index in [9.17, 15) is 5.11 Å². The third-order valence-electron chi connectivity index (χ3n) is 3.88. The number of imidazole rings is 1. The Morgan fingerprint density at radius 1 is 1.48 bits per heavy atom. The summed E-state index contributed by atoms with van der Waals surface area (Å²) in [6, 6.07) is 0. The number of hydrogen-bond donors (Lipinski definition) is 2. The standard InChI is InChI=1S/C15H24N4OS/c1-14(2,3)16-9-11-12(17-13-19(11)7-8-21-13)18-6-5-15(4,20)10-18/h7-8,16,20H,5-6,9-10H2,1-4H3. The average Bonchev–Trinajstić information content (AvgIpc) is 2.98. The average molecular weight is 308 g/mol. The molecule has 1 fully saturated rings. The van der Waals surface area contributed by atoms with E-state index in [0.717, 1.165) is 30.3 Å². The fourth-order valence-electron chi connectivity index (χ4n) is 2.71. The van der Waals surface area contributed by atoms with Crippen LogP contribution in [0.4, 0.5) is 5.82 Å². The molecule has 0 bridgehead atoms. The van der Waals surface area contributed by atoms with Gasteiger partial charge in [-0.05, 0) is 34.1 Å². The quantitative estimate of drug-likeness (QED) is 0.913. The van der Waals surface area contributed by atoms with Gasteiger partial charge in [-0.1, -0.05) is 0 Å². The Labute approximate surface area is 129 Å². The van der Waals surface area contributed by atoms with Gasteiger partial charge in [-0.3, -0.25) is 4.40 Å². The number of thiazole rings is 1. The van der Waals surface area contributed by atoms with Crippen molar-refractivity contribution in [1.29, 1.82) is 0 Å². The minimum absolute atomic E-state index is 0.0634. The second-order valence-electron chi connectivity index (χ2n) is 7.21. The summed E-state index contributed by atoms with van der Waals surface area (Å²) in [7, 11) is 0. The Balaban J connectivity index is 1.92. The zero-order chi connectivity index (χ0) is 15.3. The number of aromatic nitrogens is 2. The van der Waals surface area contributed by atoms with Crippen LogP contribution < -0.4 is 10.2 Å². The number of fused-ring (bicyclic) bond motifs is 1. The minimum Gasteiger partial charge on any atom is -0.388 e. The molecule has 0 amide bonds. The third-order valence-corrected chi connectivity index (χ3v) is 4.63.